The van der Waals surface area contributed by atoms with Crippen LogP contribution in [0.1, 0.15) is 0 Å². The van der Waals surface area contributed by atoms with Crippen molar-refractivity contribution in [2.24, 2.45) is 0 Å². The molecule has 0 radical (unpaired) electrons. The number of rotatable bonds is 2. The maximum Gasteiger partial charge on any atom is 0.140 e. The molecule has 2 rings (SSSR count). The van der Waals surface area contributed by atoms with E-state index in [-0.39, 0.29) is 5.75 Å². The largest absolute Gasteiger partial charge is 0.456 e. The molecule has 0 aliphatic carbocycles. The minimum absolute atomic E-state index is 0.116. The molecule has 5 heteroatoms. The number of nitrogens with two attached hydrogens (primary N) is 1. The van der Waals surface area contributed by atoms with E-state index < -0.39 is 11.6 Å². The van der Waals surface area contributed by atoms with Crippen molar-refractivity contribution in [1.82, 2.24) is 0 Å². The molecule has 0 unspecified atom stereocenters. The highest BCUT2D eigenvalue weighted by Crippen LogP contribution is 2.29. The van der Waals surface area contributed by atoms with Crippen molar-refractivity contribution in [1.29, 1.82) is 0 Å². The summed E-state index contributed by atoms with van der Waals surface area (Å²) in [5.74, 6) is -0.731. The van der Waals surface area contributed by atoms with E-state index in [0.717, 1.165) is 21.8 Å². The Kier molecular flexibility index (Phi) is 3.46. The lowest BCUT2D eigenvalue weighted by Gasteiger charge is -2.08. The number of halogens is 3. The molecular formula is C12H8F2INO. The first-order valence-electron chi connectivity index (χ1n) is 4.73. The first kappa shape index (κ1) is 12.1. The van der Waals surface area contributed by atoms with Crippen LogP contribution in [0.15, 0.2) is 36.4 Å². The number of hydrogen-bond donors (Lipinski definition) is 1. The van der Waals surface area contributed by atoms with Crippen LogP contribution in [0.2, 0.25) is 0 Å². The summed E-state index contributed by atoms with van der Waals surface area (Å²) in [6, 6.07) is 8.06. The predicted molar refractivity (Wildman–Crippen MR) is 70.0 cm³/mol. The van der Waals surface area contributed by atoms with Crippen LogP contribution in [0.5, 0.6) is 11.5 Å². The van der Waals surface area contributed by atoms with Gasteiger partial charge in [0.2, 0.25) is 0 Å². The summed E-state index contributed by atoms with van der Waals surface area (Å²) in [6.07, 6.45) is 0. The highest BCUT2D eigenvalue weighted by atomic mass is 127. The fourth-order valence-electron chi connectivity index (χ4n) is 1.31. The number of benzene rings is 2. The van der Waals surface area contributed by atoms with Gasteiger partial charge in [-0.05, 0) is 40.8 Å². The highest BCUT2D eigenvalue weighted by molar-refractivity contribution is 14.1. The van der Waals surface area contributed by atoms with Crippen LogP contribution in [-0.2, 0) is 0 Å². The molecule has 0 aromatic heterocycles. The van der Waals surface area contributed by atoms with Gasteiger partial charge in [-0.1, -0.05) is 0 Å². The molecule has 2 aromatic rings. The van der Waals surface area contributed by atoms with E-state index in [1.165, 1.54) is 0 Å². The Morgan fingerprint density at radius 3 is 2.24 bits per heavy atom. The second-order valence-corrected chi connectivity index (χ2v) is 4.56. The van der Waals surface area contributed by atoms with E-state index in [2.05, 4.69) is 0 Å². The molecule has 0 saturated carbocycles. The third-order valence-corrected chi connectivity index (χ3v) is 2.86. The van der Waals surface area contributed by atoms with E-state index in [1.54, 1.807) is 18.2 Å². The Morgan fingerprint density at radius 1 is 1.00 bits per heavy atom. The molecule has 0 fully saturated rings. The van der Waals surface area contributed by atoms with E-state index >= 15 is 0 Å². The molecule has 17 heavy (non-hydrogen) atoms. The summed E-state index contributed by atoms with van der Waals surface area (Å²) in [5, 5.41) is 0. The van der Waals surface area contributed by atoms with Crippen molar-refractivity contribution in [3.63, 3.8) is 0 Å². The number of anilines is 1. The first-order valence-corrected chi connectivity index (χ1v) is 5.81. The third-order valence-electron chi connectivity index (χ3n) is 2.02. The molecule has 0 amide bonds. The second-order valence-electron chi connectivity index (χ2n) is 3.40. The van der Waals surface area contributed by atoms with E-state index in [9.17, 15) is 8.78 Å². The molecule has 0 saturated heterocycles. The Bertz CT molecular complexity index is 540. The maximum absolute atomic E-state index is 13.0. The molecule has 2 aromatic carbocycles. The van der Waals surface area contributed by atoms with Crippen LogP contribution in [0, 0.1) is 15.2 Å². The first-order chi connectivity index (χ1) is 8.04. The predicted octanol–water partition coefficient (Wildman–Crippen LogP) is 3.94. The standard InChI is InChI=1S/C12H8F2INO/c13-7-3-8(14)5-10(4-7)17-12-2-1-9(16)6-11(12)15/h1-6H,16H2. The minimum Gasteiger partial charge on any atom is -0.456 e. The van der Waals surface area contributed by atoms with E-state index in [1.807, 2.05) is 22.6 Å². The lowest BCUT2D eigenvalue weighted by molar-refractivity contribution is 0.465. The van der Waals surface area contributed by atoms with Crippen molar-refractivity contribution < 1.29 is 13.5 Å². The lowest BCUT2D eigenvalue weighted by atomic mass is 10.3. The van der Waals surface area contributed by atoms with Gasteiger partial charge in [-0.25, -0.2) is 8.78 Å². The van der Waals surface area contributed by atoms with Gasteiger partial charge >= 0.3 is 0 Å². The fourth-order valence-corrected chi connectivity index (χ4v) is 1.96. The molecule has 0 heterocycles. The summed E-state index contributed by atoms with van der Waals surface area (Å²) < 4.78 is 32.1. The van der Waals surface area contributed by atoms with Crippen molar-refractivity contribution >= 4 is 28.3 Å². The van der Waals surface area contributed by atoms with Gasteiger partial charge in [0.1, 0.15) is 23.1 Å². The number of ether oxygens (including phenoxy) is 1. The molecular weight excluding hydrogens is 339 g/mol. The van der Waals surface area contributed by atoms with Crippen LogP contribution >= 0.6 is 22.6 Å². The van der Waals surface area contributed by atoms with Crippen LogP contribution in [0.25, 0.3) is 0 Å². The Hall–Kier alpha value is -1.37. The SMILES string of the molecule is Nc1ccc(Oc2cc(F)cc(F)c2)c(I)c1. The smallest absolute Gasteiger partial charge is 0.140 e. The number of nitrogen functional groups attached to an aromatic ring is 1. The molecule has 0 aliphatic rings. The van der Waals surface area contributed by atoms with Gasteiger partial charge in [-0.15, -0.1) is 0 Å². The van der Waals surface area contributed by atoms with Gasteiger partial charge in [0, 0.05) is 23.9 Å². The Labute approximate surface area is 111 Å². The quantitative estimate of drug-likeness (QED) is 0.660. The summed E-state index contributed by atoms with van der Waals surface area (Å²) in [7, 11) is 0. The molecule has 2 nitrogen and oxygen atoms in total. The molecule has 0 aliphatic heterocycles. The molecule has 2 N–H and O–H groups in total. The zero-order valence-corrected chi connectivity index (χ0v) is 10.7. The Morgan fingerprint density at radius 2 is 1.65 bits per heavy atom. The van der Waals surface area contributed by atoms with Gasteiger partial charge in [-0.3, -0.25) is 0 Å². The molecule has 0 atom stereocenters. The lowest BCUT2D eigenvalue weighted by Crippen LogP contribution is -1.91. The monoisotopic (exact) mass is 347 g/mol. The molecule has 0 spiro atoms. The van der Waals surface area contributed by atoms with Gasteiger partial charge in [0.25, 0.3) is 0 Å². The normalized spacial score (nSPS) is 10.3. The van der Waals surface area contributed by atoms with Crippen LogP contribution in [-0.4, -0.2) is 0 Å². The van der Waals surface area contributed by atoms with E-state index in [0.29, 0.717) is 11.4 Å². The van der Waals surface area contributed by atoms with Crippen molar-refractivity contribution in [2.45, 2.75) is 0 Å². The van der Waals surface area contributed by atoms with Crippen LogP contribution in [0.4, 0.5) is 14.5 Å². The van der Waals surface area contributed by atoms with Crippen molar-refractivity contribution in [3.05, 3.63) is 51.6 Å². The van der Waals surface area contributed by atoms with Crippen LogP contribution < -0.4 is 10.5 Å². The summed E-state index contributed by atoms with van der Waals surface area (Å²) in [6.45, 7) is 0. The fraction of sp³-hybridized carbons (Fsp3) is 0. The van der Waals surface area contributed by atoms with E-state index in [4.69, 9.17) is 10.5 Å². The van der Waals surface area contributed by atoms with Crippen molar-refractivity contribution in [2.75, 3.05) is 5.73 Å². The average Bonchev–Trinajstić information content (AvgIpc) is 2.21. The summed E-state index contributed by atoms with van der Waals surface area (Å²) in [4.78, 5) is 0. The third kappa shape index (κ3) is 3.06. The number of hydrogen-bond acceptors (Lipinski definition) is 2. The zero-order chi connectivity index (χ0) is 12.4. The van der Waals surface area contributed by atoms with Gasteiger partial charge in [0.15, 0.2) is 0 Å². The topological polar surface area (TPSA) is 35.2 Å². The second kappa shape index (κ2) is 4.87. The molecule has 0 bridgehead atoms. The van der Waals surface area contributed by atoms with Gasteiger partial charge in [0.05, 0.1) is 3.57 Å². The summed E-state index contributed by atoms with van der Waals surface area (Å²) in [5.41, 5.74) is 6.19. The van der Waals surface area contributed by atoms with Gasteiger partial charge in [-0.2, -0.15) is 0 Å². The van der Waals surface area contributed by atoms with Crippen LogP contribution in [0.3, 0.4) is 0 Å². The van der Waals surface area contributed by atoms with Gasteiger partial charge < -0.3 is 10.5 Å². The molecule has 88 valence electrons. The highest BCUT2D eigenvalue weighted by Gasteiger charge is 2.06. The Balaban J connectivity index is 2.31. The minimum atomic E-state index is -0.676. The summed E-state index contributed by atoms with van der Waals surface area (Å²) >= 11 is 2.04. The zero-order valence-electron chi connectivity index (χ0n) is 8.58. The average molecular weight is 347 g/mol. The van der Waals surface area contributed by atoms with Crippen molar-refractivity contribution in [3.8, 4) is 11.5 Å². The maximum atomic E-state index is 13.0.